The van der Waals surface area contributed by atoms with Gasteiger partial charge >= 0.3 is 6.18 Å². The van der Waals surface area contributed by atoms with Crippen LogP contribution in [0.2, 0.25) is 0 Å². The Labute approximate surface area is 198 Å². The number of Topliss-reactive ketones (excluding diaryl/α,β-unsaturated/α-hetero) is 1. The van der Waals surface area contributed by atoms with E-state index in [0.717, 1.165) is 23.1 Å². The maximum absolute atomic E-state index is 13.4. The summed E-state index contributed by atoms with van der Waals surface area (Å²) in [7, 11) is 2.94. The molecule has 0 saturated carbocycles. The summed E-state index contributed by atoms with van der Waals surface area (Å²) in [5.74, 6) is -1.52. The zero-order chi connectivity index (χ0) is 25.3. The fourth-order valence-corrected chi connectivity index (χ4v) is 3.94. The SMILES string of the molecule is COc1ccc(/C(O)=C2\C(=O)C(=O)N(c3cccc(C(F)(F)F)c3)[C@H]2c2ccc(OC)cc2)cc1. The van der Waals surface area contributed by atoms with Gasteiger partial charge in [0.25, 0.3) is 11.7 Å². The Bertz CT molecular complexity index is 1300. The molecule has 3 aromatic rings. The quantitative estimate of drug-likeness (QED) is 0.301. The molecule has 1 aliphatic rings. The number of halogens is 3. The van der Waals surface area contributed by atoms with Gasteiger partial charge in [-0.1, -0.05) is 18.2 Å². The molecule has 1 saturated heterocycles. The maximum atomic E-state index is 13.4. The minimum Gasteiger partial charge on any atom is -0.507 e. The molecule has 1 atom stereocenters. The molecule has 1 heterocycles. The number of nitrogens with zero attached hydrogens (tertiary/aromatic N) is 1. The number of hydrogen-bond donors (Lipinski definition) is 1. The Kier molecular flexibility index (Phi) is 6.26. The van der Waals surface area contributed by atoms with Crippen LogP contribution in [0.3, 0.4) is 0 Å². The van der Waals surface area contributed by atoms with E-state index in [1.807, 2.05) is 0 Å². The Morgan fingerprint density at radius 1 is 0.886 bits per heavy atom. The Morgan fingerprint density at radius 3 is 2.00 bits per heavy atom. The van der Waals surface area contributed by atoms with Gasteiger partial charge in [-0.05, 0) is 60.2 Å². The van der Waals surface area contributed by atoms with Crippen molar-refractivity contribution in [3.8, 4) is 11.5 Å². The van der Waals surface area contributed by atoms with Crippen LogP contribution >= 0.6 is 0 Å². The molecule has 1 N–H and O–H groups in total. The van der Waals surface area contributed by atoms with E-state index >= 15 is 0 Å². The molecule has 0 unspecified atom stereocenters. The second-order valence-electron chi connectivity index (χ2n) is 7.72. The molecule has 0 aromatic heterocycles. The van der Waals surface area contributed by atoms with Crippen LogP contribution in [0.4, 0.5) is 18.9 Å². The zero-order valence-electron chi connectivity index (χ0n) is 18.7. The van der Waals surface area contributed by atoms with E-state index in [4.69, 9.17) is 9.47 Å². The topological polar surface area (TPSA) is 76.1 Å². The first-order chi connectivity index (χ1) is 16.7. The molecule has 0 bridgehead atoms. The van der Waals surface area contributed by atoms with Gasteiger partial charge in [0, 0.05) is 11.3 Å². The largest absolute Gasteiger partial charge is 0.507 e. The Hall–Kier alpha value is -4.27. The summed E-state index contributed by atoms with van der Waals surface area (Å²) in [6, 6.07) is 15.5. The highest BCUT2D eigenvalue weighted by molar-refractivity contribution is 6.51. The van der Waals surface area contributed by atoms with Gasteiger partial charge in [-0.2, -0.15) is 13.2 Å². The van der Waals surface area contributed by atoms with Crippen molar-refractivity contribution in [2.45, 2.75) is 12.2 Å². The number of amides is 1. The molecule has 9 heteroatoms. The summed E-state index contributed by atoms with van der Waals surface area (Å²) in [5, 5.41) is 11.1. The van der Waals surface area contributed by atoms with E-state index in [-0.39, 0.29) is 16.8 Å². The molecule has 180 valence electrons. The van der Waals surface area contributed by atoms with E-state index in [2.05, 4.69) is 0 Å². The molecule has 1 aliphatic heterocycles. The van der Waals surface area contributed by atoms with E-state index in [1.54, 1.807) is 36.4 Å². The highest BCUT2D eigenvalue weighted by atomic mass is 19.4. The molecule has 4 rings (SSSR count). The molecule has 0 radical (unpaired) electrons. The van der Waals surface area contributed by atoms with Crippen LogP contribution < -0.4 is 14.4 Å². The smallest absolute Gasteiger partial charge is 0.416 e. The van der Waals surface area contributed by atoms with E-state index in [0.29, 0.717) is 17.1 Å². The molecule has 1 amide bonds. The normalized spacial score (nSPS) is 17.5. The second-order valence-corrected chi connectivity index (χ2v) is 7.72. The van der Waals surface area contributed by atoms with Gasteiger partial charge in [-0.25, -0.2) is 0 Å². The Balaban J connectivity index is 1.92. The van der Waals surface area contributed by atoms with Crippen LogP contribution in [-0.4, -0.2) is 31.0 Å². The minimum absolute atomic E-state index is 0.128. The number of ether oxygens (including phenoxy) is 2. The number of hydrogen-bond acceptors (Lipinski definition) is 5. The Morgan fingerprint density at radius 2 is 1.46 bits per heavy atom. The van der Waals surface area contributed by atoms with Gasteiger partial charge in [-0.3, -0.25) is 14.5 Å². The zero-order valence-corrected chi connectivity index (χ0v) is 18.7. The molecule has 0 spiro atoms. The van der Waals surface area contributed by atoms with Crippen molar-refractivity contribution < 1.29 is 37.3 Å². The van der Waals surface area contributed by atoms with Crippen LogP contribution in [-0.2, 0) is 15.8 Å². The molecule has 0 aliphatic carbocycles. The van der Waals surface area contributed by atoms with Crippen LogP contribution in [0.25, 0.3) is 5.76 Å². The lowest BCUT2D eigenvalue weighted by atomic mass is 9.95. The summed E-state index contributed by atoms with van der Waals surface area (Å²) in [6.07, 6.45) is -4.65. The second kappa shape index (κ2) is 9.17. The predicted octanol–water partition coefficient (Wildman–Crippen LogP) is 5.35. The van der Waals surface area contributed by atoms with Gasteiger partial charge < -0.3 is 14.6 Å². The number of methoxy groups -OCH3 is 2. The van der Waals surface area contributed by atoms with Crippen LogP contribution in [0.5, 0.6) is 11.5 Å². The number of benzene rings is 3. The van der Waals surface area contributed by atoms with E-state index < -0.39 is 35.2 Å². The number of aliphatic hydroxyl groups excluding tert-OH is 1. The van der Waals surface area contributed by atoms with Gasteiger partial charge in [0.05, 0.1) is 31.4 Å². The first-order valence-corrected chi connectivity index (χ1v) is 10.4. The number of carbonyl (C=O) groups excluding carboxylic acids is 2. The number of ketones is 1. The average Bonchev–Trinajstić information content (AvgIpc) is 3.13. The predicted molar refractivity (Wildman–Crippen MR) is 122 cm³/mol. The van der Waals surface area contributed by atoms with Gasteiger partial charge in [0.2, 0.25) is 0 Å². The van der Waals surface area contributed by atoms with Gasteiger partial charge in [-0.15, -0.1) is 0 Å². The third-order valence-electron chi connectivity index (χ3n) is 5.69. The van der Waals surface area contributed by atoms with Crippen molar-refractivity contribution >= 4 is 23.1 Å². The molecule has 6 nitrogen and oxygen atoms in total. The lowest BCUT2D eigenvalue weighted by molar-refractivity contribution is -0.137. The van der Waals surface area contributed by atoms with Crippen LogP contribution in [0.15, 0.2) is 78.4 Å². The summed E-state index contributed by atoms with van der Waals surface area (Å²) >= 11 is 0. The first-order valence-electron chi connectivity index (χ1n) is 10.4. The summed E-state index contributed by atoms with van der Waals surface area (Å²) in [6.45, 7) is 0. The maximum Gasteiger partial charge on any atom is 0.416 e. The van der Waals surface area contributed by atoms with Crippen LogP contribution in [0, 0.1) is 0 Å². The standard InChI is InChI=1S/C26H20F3NO5/c1-34-19-10-6-15(7-11-19)22-21(23(31)16-8-12-20(35-2)13-9-16)24(32)25(33)30(22)18-5-3-4-17(14-18)26(27,28)29/h3-14,22,31H,1-2H3/b23-21+/t22-/m0/s1. The van der Waals surface area contributed by atoms with Crippen molar-refractivity contribution in [2.24, 2.45) is 0 Å². The number of carbonyl (C=O) groups is 2. The number of aliphatic hydroxyl groups is 1. The fraction of sp³-hybridized carbons (Fsp3) is 0.154. The minimum atomic E-state index is -4.65. The number of rotatable bonds is 5. The highest BCUT2D eigenvalue weighted by Crippen LogP contribution is 2.43. The fourth-order valence-electron chi connectivity index (χ4n) is 3.94. The van der Waals surface area contributed by atoms with Crippen molar-refractivity contribution in [1.82, 2.24) is 0 Å². The van der Waals surface area contributed by atoms with E-state index in [9.17, 15) is 27.9 Å². The molecule has 1 fully saturated rings. The van der Waals surface area contributed by atoms with E-state index in [1.165, 1.54) is 32.4 Å². The summed E-state index contributed by atoms with van der Waals surface area (Å²) in [4.78, 5) is 27.2. The third-order valence-corrected chi connectivity index (χ3v) is 5.69. The monoisotopic (exact) mass is 483 g/mol. The molecule has 3 aromatic carbocycles. The van der Waals surface area contributed by atoms with Gasteiger partial charge in [0.1, 0.15) is 17.3 Å². The molecule has 35 heavy (non-hydrogen) atoms. The third kappa shape index (κ3) is 4.44. The van der Waals surface area contributed by atoms with Crippen molar-refractivity contribution in [2.75, 3.05) is 19.1 Å². The first kappa shape index (κ1) is 23.9. The summed E-state index contributed by atoms with van der Waals surface area (Å²) in [5.41, 5.74) is -0.705. The molecular weight excluding hydrogens is 463 g/mol. The van der Waals surface area contributed by atoms with Crippen molar-refractivity contribution in [1.29, 1.82) is 0 Å². The number of alkyl halides is 3. The van der Waals surface area contributed by atoms with Crippen LogP contribution in [0.1, 0.15) is 22.7 Å². The van der Waals surface area contributed by atoms with Gasteiger partial charge in [0.15, 0.2) is 0 Å². The van der Waals surface area contributed by atoms with Crippen molar-refractivity contribution in [3.63, 3.8) is 0 Å². The lowest BCUT2D eigenvalue weighted by Crippen LogP contribution is -2.29. The lowest BCUT2D eigenvalue weighted by Gasteiger charge is -2.26. The highest BCUT2D eigenvalue weighted by Gasteiger charge is 2.47. The number of anilines is 1. The molecular formula is C26H20F3NO5. The van der Waals surface area contributed by atoms with Crippen molar-refractivity contribution in [3.05, 3.63) is 95.1 Å². The average molecular weight is 483 g/mol. The summed E-state index contributed by atoms with van der Waals surface area (Å²) < 4.78 is 50.4.